The number of methoxy groups -OCH3 is 1. The maximum atomic E-state index is 13.4. The highest BCUT2D eigenvalue weighted by atomic mass is 16.7. The monoisotopic (exact) mass is 656 g/mol. The van der Waals surface area contributed by atoms with E-state index in [1.54, 1.807) is 41.6 Å². The average molecular weight is 657 g/mol. The van der Waals surface area contributed by atoms with Crippen molar-refractivity contribution in [2.45, 2.75) is 33.4 Å². The second-order valence-corrected chi connectivity index (χ2v) is 12.1. The van der Waals surface area contributed by atoms with Gasteiger partial charge in [-0.15, -0.1) is 0 Å². The summed E-state index contributed by atoms with van der Waals surface area (Å²) in [6.07, 6.45) is 4.94. The number of anilines is 3. The van der Waals surface area contributed by atoms with Crippen molar-refractivity contribution in [1.29, 1.82) is 0 Å². The first kappa shape index (κ1) is 31.4. The molecule has 0 radical (unpaired) electrons. The van der Waals surface area contributed by atoms with E-state index in [0.29, 0.717) is 42.6 Å². The smallest absolute Gasteiger partial charge is 0.274 e. The number of hydroxylamine groups is 1. The number of pyridine rings is 2. The second-order valence-electron chi connectivity index (χ2n) is 12.1. The summed E-state index contributed by atoms with van der Waals surface area (Å²) in [5.41, 5.74) is 10.1. The third kappa shape index (κ3) is 5.93. The first-order valence-corrected chi connectivity index (χ1v) is 15.9. The van der Waals surface area contributed by atoms with E-state index in [4.69, 9.17) is 14.6 Å². The van der Waals surface area contributed by atoms with Crippen molar-refractivity contribution >= 4 is 35.1 Å². The maximum absolute atomic E-state index is 13.4. The van der Waals surface area contributed by atoms with Gasteiger partial charge in [0.05, 0.1) is 37.3 Å². The number of benzene rings is 2. The van der Waals surface area contributed by atoms with Crippen molar-refractivity contribution in [3.05, 3.63) is 113 Å². The summed E-state index contributed by atoms with van der Waals surface area (Å²) in [7, 11) is 3.55. The van der Waals surface area contributed by atoms with Gasteiger partial charge < -0.3 is 29.7 Å². The van der Waals surface area contributed by atoms with Gasteiger partial charge in [0.2, 0.25) is 12.3 Å². The van der Waals surface area contributed by atoms with Crippen LogP contribution in [0.4, 0.5) is 17.1 Å². The molecule has 0 saturated heterocycles. The summed E-state index contributed by atoms with van der Waals surface area (Å²) >= 11 is 0. The third-order valence-electron chi connectivity index (χ3n) is 9.11. The molecule has 0 unspecified atom stereocenters. The Balaban J connectivity index is 1.08. The molecule has 7 rings (SSSR count). The Labute approximate surface area is 284 Å². The number of aromatic nitrogens is 4. The molecule has 0 spiro atoms. The minimum absolute atomic E-state index is 0.244. The van der Waals surface area contributed by atoms with Crippen LogP contribution in [-0.4, -0.2) is 50.4 Å². The Kier molecular flexibility index (Phi) is 8.21. The SMILES string of the molecule is C=C(Nc1cccc(-c2cccc(NC(=O)c3cc4c(cn3)CN(c3ccnc(OC)c3)O4)c2C)c1C)c1nc2c(n1C)CCN(C=O)C2. The van der Waals surface area contributed by atoms with Gasteiger partial charge in [0.1, 0.15) is 5.69 Å². The Morgan fingerprint density at radius 2 is 1.73 bits per heavy atom. The topological polar surface area (TPSA) is 127 Å². The predicted molar refractivity (Wildman–Crippen MR) is 187 cm³/mol. The molecule has 2 amide bonds. The molecule has 248 valence electrons. The van der Waals surface area contributed by atoms with Gasteiger partial charge in [-0.25, -0.2) is 15.0 Å². The Morgan fingerprint density at radius 3 is 2.45 bits per heavy atom. The van der Waals surface area contributed by atoms with E-state index >= 15 is 0 Å². The zero-order valence-electron chi connectivity index (χ0n) is 27.8. The molecule has 5 heterocycles. The van der Waals surface area contributed by atoms with Crippen molar-refractivity contribution in [1.82, 2.24) is 24.4 Å². The molecule has 0 fully saturated rings. The standard InChI is InChI=1S/C37H36N8O4/c1-22-27(8-6-10-29(22)40-24(3)36-41-32-20-44(21-46)15-13-33(32)43(36)4)28-9-7-11-30(23(28)2)42-37(47)31-17-34-25(18-39-31)19-45(49-34)26-12-14-38-35(16-26)48-5/h6-12,14,16-18,21,40H,3,13,15,19-20H2,1-2,4-5H3,(H,42,47). The van der Waals surface area contributed by atoms with Crippen LogP contribution in [0.1, 0.15) is 44.4 Å². The molecule has 2 N–H and O–H groups in total. The van der Waals surface area contributed by atoms with Crippen LogP contribution >= 0.6 is 0 Å². The number of carbonyl (C=O) groups excluding carboxylic acids is 2. The molecular formula is C37H36N8O4. The van der Waals surface area contributed by atoms with Crippen LogP contribution in [-0.2, 0) is 31.4 Å². The lowest BCUT2D eigenvalue weighted by atomic mass is 9.94. The third-order valence-corrected chi connectivity index (χ3v) is 9.11. The van der Waals surface area contributed by atoms with Gasteiger partial charge in [0, 0.05) is 67.2 Å². The molecular weight excluding hydrogens is 620 g/mol. The first-order chi connectivity index (χ1) is 23.7. The zero-order valence-corrected chi connectivity index (χ0v) is 27.8. The molecule has 2 aliphatic rings. The Morgan fingerprint density at radius 1 is 1.00 bits per heavy atom. The molecule has 0 bridgehead atoms. The fraction of sp³-hybridized carbons (Fsp3) is 0.216. The molecule has 2 aliphatic heterocycles. The van der Waals surface area contributed by atoms with Crippen molar-refractivity contribution in [2.75, 3.05) is 29.4 Å². The summed E-state index contributed by atoms with van der Waals surface area (Å²) in [5, 5.41) is 8.23. The Hall–Kier alpha value is -6.17. The van der Waals surface area contributed by atoms with E-state index in [2.05, 4.69) is 44.7 Å². The van der Waals surface area contributed by atoms with E-state index in [0.717, 1.165) is 69.2 Å². The normalized spacial score (nSPS) is 13.3. The fourth-order valence-corrected chi connectivity index (χ4v) is 6.35. The van der Waals surface area contributed by atoms with Gasteiger partial charge >= 0.3 is 0 Å². The number of amides is 2. The summed E-state index contributed by atoms with van der Waals surface area (Å²) in [4.78, 5) is 45.9. The van der Waals surface area contributed by atoms with Gasteiger partial charge in [-0.05, 0) is 54.3 Å². The van der Waals surface area contributed by atoms with E-state index in [-0.39, 0.29) is 11.6 Å². The number of nitrogens with zero attached hydrogens (tertiary/aromatic N) is 6. The molecule has 0 aliphatic carbocycles. The quantitative estimate of drug-likeness (QED) is 0.193. The van der Waals surface area contributed by atoms with Crippen molar-refractivity contribution in [2.24, 2.45) is 7.05 Å². The second kappa shape index (κ2) is 12.8. The molecule has 2 aromatic carbocycles. The van der Waals surface area contributed by atoms with Crippen LogP contribution in [0, 0.1) is 13.8 Å². The van der Waals surface area contributed by atoms with Crippen LogP contribution in [0.15, 0.2) is 73.6 Å². The van der Waals surface area contributed by atoms with Crippen LogP contribution < -0.4 is 25.3 Å². The number of imidazole rings is 1. The predicted octanol–water partition coefficient (Wildman–Crippen LogP) is 5.67. The van der Waals surface area contributed by atoms with Crippen LogP contribution in [0.2, 0.25) is 0 Å². The van der Waals surface area contributed by atoms with Crippen molar-refractivity contribution < 1.29 is 19.2 Å². The van der Waals surface area contributed by atoms with Crippen LogP contribution in [0.5, 0.6) is 11.6 Å². The number of nitrogens with one attached hydrogen (secondary N) is 2. The Bertz CT molecular complexity index is 2120. The lowest BCUT2D eigenvalue weighted by Gasteiger charge is -2.22. The largest absolute Gasteiger partial charge is 0.481 e. The first-order valence-electron chi connectivity index (χ1n) is 15.9. The molecule has 3 aromatic heterocycles. The van der Waals surface area contributed by atoms with E-state index < -0.39 is 0 Å². The van der Waals surface area contributed by atoms with E-state index in [9.17, 15) is 9.59 Å². The van der Waals surface area contributed by atoms with Crippen LogP contribution in [0.25, 0.3) is 16.8 Å². The molecule has 12 heteroatoms. The van der Waals surface area contributed by atoms with Gasteiger partial charge in [0.15, 0.2) is 11.6 Å². The van der Waals surface area contributed by atoms with E-state index in [1.165, 1.54) is 0 Å². The number of carbonyl (C=O) groups is 2. The highest BCUT2D eigenvalue weighted by Gasteiger charge is 2.26. The number of hydrogen-bond donors (Lipinski definition) is 2. The highest BCUT2D eigenvalue weighted by molar-refractivity contribution is 6.04. The minimum atomic E-state index is -0.340. The van der Waals surface area contributed by atoms with E-state index in [1.807, 2.05) is 50.4 Å². The molecule has 0 saturated carbocycles. The number of hydrogen-bond acceptors (Lipinski definition) is 9. The molecule has 0 atom stereocenters. The summed E-state index contributed by atoms with van der Waals surface area (Å²) in [6, 6.07) is 17.2. The molecule has 49 heavy (non-hydrogen) atoms. The van der Waals surface area contributed by atoms with Crippen molar-refractivity contribution in [3.8, 4) is 22.8 Å². The zero-order chi connectivity index (χ0) is 34.2. The van der Waals surface area contributed by atoms with Crippen molar-refractivity contribution in [3.63, 3.8) is 0 Å². The average Bonchev–Trinajstić information content (AvgIpc) is 3.70. The summed E-state index contributed by atoms with van der Waals surface area (Å²) < 4.78 is 7.29. The van der Waals surface area contributed by atoms with Gasteiger partial charge in [-0.3, -0.25) is 14.6 Å². The van der Waals surface area contributed by atoms with Crippen LogP contribution in [0.3, 0.4) is 0 Å². The maximum Gasteiger partial charge on any atom is 0.274 e. The summed E-state index contributed by atoms with van der Waals surface area (Å²) in [6.45, 7) is 9.99. The fourth-order valence-electron chi connectivity index (χ4n) is 6.35. The van der Waals surface area contributed by atoms with Gasteiger partial charge in [0.25, 0.3) is 5.91 Å². The number of fused-ring (bicyclic) bond motifs is 2. The minimum Gasteiger partial charge on any atom is -0.481 e. The lowest BCUT2D eigenvalue weighted by molar-refractivity contribution is -0.119. The molecule has 12 nitrogen and oxygen atoms in total. The number of ether oxygens (including phenoxy) is 1. The lowest BCUT2D eigenvalue weighted by Crippen LogP contribution is -2.29. The number of rotatable bonds is 9. The van der Waals surface area contributed by atoms with Gasteiger partial charge in [-0.2, -0.15) is 0 Å². The van der Waals surface area contributed by atoms with Gasteiger partial charge in [-0.1, -0.05) is 30.8 Å². The highest BCUT2D eigenvalue weighted by Crippen LogP contribution is 2.36. The molecule has 5 aromatic rings. The summed E-state index contributed by atoms with van der Waals surface area (Å²) in [5.74, 6) is 1.44.